The lowest BCUT2D eigenvalue weighted by molar-refractivity contribution is -0.113. The molecule has 1 aliphatic heterocycles. The van der Waals surface area contributed by atoms with Gasteiger partial charge in [0.1, 0.15) is 0 Å². The molecule has 3 heteroatoms. The number of nitrogens with zero attached hydrogens (tertiary/aromatic N) is 1. The Morgan fingerprint density at radius 2 is 2.14 bits per heavy atom. The summed E-state index contributed by atoms with van der Waals surface area (Å²) in [5.74, 6) is 0. The summed E-state index contributed by atoms with van der Waals surface area (Å²) in [6.07, 6.45) is 4.35. The summed E-state index contributed by atoms with van der Waals surface area (Å²) in [6.45, 7) is 3.62. The number of β-amino-alcohol motifs (C(OH)–C–C–N with tert-alkyl or cyclic N) is 1. The summed E-state index contributed by atoms with van der Waals surface area (Å²) in [4.78, 5) is 2.25. The number of hydrogen-bond acceptors (Lipinski definition) is 3. The van der Waals surface area contributed by atoms with Crippen LogP contribution >= 0.6 is 0 Å². The van der Waals surface area contributed by atoms with E-state index < -0.39 is 5.60 Å². The van der Waals surface area contributed by atoms with Crippen molar-refractivity contribution >= 4 is 0 Å². The summed E-state index contributed by atoms with van der Waals surface area (Å²) in [5.41, 5.74) is 5.36. The minimum Gasteiger partial charge on any atom is -0.388 e. The topological polar surface area (TPSA) is 49.5 Å². The van der Waals surface area contributed by atoms with Crippen molar-refractivity contribution in [2.24, 2.45) is 11.1 Å². The molecule has 1 aliphatic carbocycles. The van der Waals surface area contributed by atoms with E-state index in [0.29, 0.717) is 12.6 Å². The van der Waals surface area contributed by atoms with Gasteiger partial charge in [-0.1, -0.05) is 6.42 Å². The first-order valence-electron chi connectivity index (χ1n) is 5.66. The standard InChI is InChI=1S/C11H22N2O/c1-9-6-11(14,8-13(9)2)10(7-12)4-3-5-10/h9,14H,3-8,12H2,1-2H3. The van der Waals surface area contributed by atoms with Crippen LogP contribution in [-0.4, -0.2) is 41.8 Å². The van der Waals surface area contributed by atoms with Crippen LogP contribution in [-0.2, 0) is 0 Å². The monoisotopic (exact) mass is 198 g/mol. The van der Waals surface area contributed by atoms with Gasteiger partial charge < -0.3 is 15.7 Å². The smallest absolute Gasteiger partial charge is 0.0856 e. The average molecular weight is 198 g/mol. The molecule has 1 heterocycles. The minimum atomic E-state index is -0.520. The zero-order valence-electron chi connectivity index (χ0n) is 9.29. The molecule has 2 fully saturated rings. The zero-order valence-corrected chi connectivity index (χ0v) is 9.29. The van der Waals surface area contributed by atoms with Crippen LogP contribution in [0.2, 0.25) is 0 Å². The van der Waals surface area contributed by atoms with Crippen LogP contribution in [0.1, 0.15) is 32.6 Å². The Balaban J connectivity index is 2.16. The Labute approximate surface area is 86.3 Å². The highest BCUT2D eigenvalue weighted by Gasteiger charge is 2.56. The average Bonchev–Trinajstić information content (AvgIpc) is 2.25. The molecule has 0 aromatic heterocycles. The summed E-state index contributed by atoms with van der Waals surface area (Å²) in [6, 6.07) is 0.490. The van der Waals surface area contributed by atoms with E-state index in [2.05, 4.69) is 18.9 Å². The molecule has 0 spiro atoms. The van der Waals surface area contributed by atoms with Gasteiger partial charge in [0.15, 0.2) is 0 Å². The maximum absolute atomic E-state index is 10.7. The molecule has 2 aliphatic rings. The highest BCUT2D eigenvalue weighted by molar-refractivity contribution is 5.10. The van der Waals surface area contributed by atoms with Gasteiger partial charge >= 0.3 is 0 Å². The van der Waals surface area contributed by atoms with Crippen LogP contribution in [0.5, 0.6) is 0 Å². The molecule has 1 saturated heterocycles. The second kappa shape index (κ2) is 3.19. The molecule has 0 aromatic carbocycles. The molecular weight excluding hydrogens is 176 g/mol. The third-order valence-corrected chi connectivity index (χ3v) is 4.59. The van der Waals surface area contributed by atoms with Crippen LogP contribution in [0.15, 0.2) is 0 Å². The van der Waals surface area contributed by atoms with Gasteiger partial charge in [-0.05, 0) is 33.2 Å². The predicted molar refractivity (Wildman–Crippen MR) is 57.0 cm³/mol. The van der Waals surface area contributed by atoms with Crippen molar-refractivity contribution in [3.8, 4) is 0 Å². The van der Waals surface area contributed by atoms with Gasteiger partial charge in [-0.3, -0.25) is 0 Å². The predicted octanol–water partition coefficient (Wildman–Crippen LogP) is 0.570. The lowest BCUT2D eigenvalue weighted by Gasteiger charge is -2.51. The minimum absolute atomic E-state index is 0.0338. The van der Waals surface area contributed by atoms with Crippen LogP contribution in [0.3, 0.4) is 0 Å². The fourth-order valence-electron chi connectivity index (χ4n) is 3.12. The van der Waals surface area contributed by atoms with E-state index in [4.69, 9.17) is 5.73 Å². The molecule has 2 rings (SSSR count). The molecule has 82 valence electrons. The van der Waals surface area contributed by atoms with E-state index in [-0.39, 0.29) is 5.41 Å². The number of rotatable bonds is 2. The molecule has 3 nitrogen and oxygen atoms in total. The van der Waals surface area contributed by atoms with Gasteiger partial charge in [0.2, 0.25) is 0 Å². The number of hydrogen-bond donors (Lipinski definition) is 2. The normalized spacial score (nSPS) is 42.4. The van der Waals surface area contributed by atoms with Crippen molar-refractivity contribution in [1.29, 1.82) is 0 Å². The molecular formula is C11H22N2O. The number of nitrogens with two attached hydrogens (primary N) is 1. The van der Waals surface area contributed by atoms with Gasteiger partial charge in [0.25, 0.3) is 0 Å². The van der Waals surface area contributed by atoms with Gasteiger partial charge in [0, 0.05) is 24.5 Å². The first kappa shape index (κ1) is 10.4. The van der Waals surface area contributed by atoms with Crippen molar-refractivity contribution in [3.05, 3.63) is 0 Å². The molecule has 0 bridgehead atoms. The molecule has 0 amide bonds. The quantitative estimate of drug-likeness (QED) is 0.682. The molecule has 1 saturated carbocycles. The summed E-state index contributed by atoms with van der Waals surface area (Å²) in [7, 11) is 2.09. The highest BCUT2D eigenvalue weighted by atomic mass is 16.3. The second-order valence-corrected chi connectivity index (χ2v) is 5.34. The van der Waals surface area contributed by atoms with Crippen LogP contribution in [0.4, 0.5) is 0 Å². The Kier molecular flexibility index (Phi) is 2.37. The lowest BCUT2D eigenvalue weighted by Crippen LogP contribution is -2.57. The number of aliphatic hydroxyl groups is 1. The summed E-state index contributed by atoms with van der Waals surface area (Å²) < 4.78 is 0. The lowest BCUT2D eigenvalue weighted by atomic mass is 9.58. The van der Waals surface area contributed by atoms with Crippen molar-refractivity contribution in [3.63, 3.8) is 0 Å². The molecule has 0 radical (unpaired) electrons. The zero-order chi connectivity index (χ0) is 10.4. The van der Waals surface area contributed by atoms with E-state index in [1.54, 1.807) is 0 Å². The molecule has 2 unspecified atom stereocenters. The van der Waals surface area contributed by atoms with Crippen LogP contribution in [0, 0.1) is 5.41 Å². The van der Waals surface area contributed by atoms with Gasteiger partial charge in [-0.2, -0.15) is 0 Å². The first-order valence-corrected chi connectivity index (χ1v) is 5.66. The maximum Gasteiger partial charge on any atom is 0.0856 e. The molecule has 0 aromatic rings. The van der Waals surface area contributed by atoms with Gasteiger partial charge in [-0.15, -0.1) is 0 Å². The van der Waals surface area contributed by atoms with Crippen LogP contribution < -0.4 is 5.73 Å². The van der Waals surface area contributed by atoms with E-state index >= 15 is 0 Å². The van der Waals surface area contributed by atoms with Crippen molar-refractivity contribution in [2.45, 2.75) is 44.2 Å². The van der Waals surface area contributed by atoms with Crippen molar-refractivity contribution < 1.29 is 5.11 Å². The highest BCUT2D eigenvalue weighted by Crippen LogP contribution is 2.52. The maximum atomic E-state index is 10.7. The second-order valence-electron chi connectivity index (χ2n) is 5.34. The number of likely N-dealkylation sites (tertiary alicyclic amines) is 1. The Morgan fingerprint density at radius 1 is 1.50 bits per heavy atom. The largest absolute Gasteiger partial charge is 0.388 e. The SMILES string of the molecule is CC1CC(O)(C2(CN)CCC2)CN1C. The van der Waals surface area contributed by atoms with Gasteiger partial charge in [-0.25, -0.2) is 0 Å². The molecule has 3 N–H and O–H groups in total. The van der Waals surface area contributed by atoms with Crippen molar-refractivity contribution in [1.82, 2.24) is 4.90 Å². The van der Waals surface area contributed by atoms with Crippen molar-refractivity contribution in [2.75, 3.05) is 20.1 Å². The summed E-state index contributed by atoms with van der Waals surface area (Å²) >= 11 is 0. The molecule has 2 atom stereocenters. The summed E-state index contributed by atoms with van der Waals surface area (Å²) in [5, 5.41) is 10.7. The fourth-order valence-corrected chi connectivity index (χ4v) is 3.12. The van der Waals surface area contributed by atoms with E-state index in [1.165, 1.54) is 6.42 Å². The Hall–Kier alpha value is -0.120. The number of likely N-dealkylation sites (N-methyl/N-ethyl adjacent to an activating group) is 1. The first-order chi connectivity index (χ1) is 6.53. The van der Waals surface area contributed by atoms with E-state index in [1.807, 2.05) is 0 Å². The van der Waals surface area contributed by atoms with E-state index in [0.717, 1.165) is 25.8 Å². The molecule has 14 heavy (non-hydrogen) atoms. The Bertz CT molecular complexity index is 210. The fraction of sp³-hybridized carbons (Fsp3) is 1.00. The third kappa shape index (κ3) is 1.23. The van der Waals surface area contributed by atoms with E-state index in [9.17, 15) is 5.11 Å². The van der Waals surface area contributed by atoms with Crippen LogP contribution in [0.25, 0.3) is 0 Å². The third-order valence-electron chi connectivity index (χ3n) is 4.59. The van der Waals surface area contributed by atoms with Gasteiger partial charge in [0.05, 0.1) is 5.60 Å². The Morgan fingerprint density at radius 3 is 2.43 bits per heavy atom.